The molecule has 2 aliphatic heterocycles. The molecular weight excluding hydrogens is 337 g/mol. The molecular formula is C22H26BNO3. The van der Waals surface area contributed by atoms with Crippen LogP contribution in [0.1, 0.15) is 38.8 Å². The Hall–Kier alpha value is -2.11. The van der Waals surface area contributed by atoms with Crippen LogP contribution in [-0.4, -0.2) is 30.8 Å². The number of carbonyl (C=O) groups is 1. The minimum absolute atomic E-state index is 0.142. The molecule has 2 aliphatic rings. The summed E-state index contributed by atoms with van der Waals surface area (Å²) in [5.74, 6) is 0.142. The van der Waals surface area contributed by atoms with Crippen LogP contribution in [0.3, 0.4) is 0 Å². The van der Waals surface area contributed by atoms with Gasteiger partial charge in [0.2, 0.25) is 5.91 Å². The summed E-state index contributed by atoms with van der Waals surface area (Å²) >= 11 is 0. The van der Waals surface area contributed by atoms with E-state index >= 15 is 0 Å². The lowest BCUT2D eigenvalue weighted by Gasteiger charge is -2.32. The van der Waals surface area contributed by atoms with Crippen molar-refractivity contribution >= 4 is 24.2 Å². The van der Waals surface area contributed by atoms with Gasteiger partial charge in [0.05, 0.1) is 17.6 Å². The summed E-state index contributed by atoms with van der Waals surface area (Å²) < 4.78 is 12.2. The second-order valence-corrected chi connectivity index (χ2v) is 8.43. The lowest BCUT2D eigenvalue weighted by atomic mass is 9.79. The summed E-state index contributed by atoms with van der Waals surface area (Å²) in [4.78, 5) is 14.7. The van der Waals surface area contributed by atoms with E-state index in [2.05, 4.69) is 6.07 Å². The molecule has 27 heavy (non-hydrogen) atoms. The van der Waals surface area contributed by atoms with Crippen molar-refractivity contribution in [3.05, 3.63) is 59.7 Å². The molecule has 1 saturated heterocycles. The second-order valence-electron chi connectivity index (χ2n) is 8.43. The number of hydrogen-bond acceptors (Lipinski definition) is 3. The molecule has 2 aromatic carbocycles. The van der Waals surface area contributed by atoms with E-state index in [1.165, 1.54) is 5.56 Å². The first-order chi connectivity index (χ1) is 12.8. The zero-order chi connectivity index (χ0) is 19.2. The van der Waals surface area contributed by atoms with Gasteiger partial charge in [-0.1, -0.05) is 42.5 Å². The van der Waals surface area contributed by atoms with Crippen LogP contribution >= 0.6 is 0 Å². The molecule has 0 N–H and O–H groups in total. The highest BCUT2D eigenvalue weighted by Gasteiger charge is 2.51. The van der Waals surface area contributed by atoms with Crippen LogP contribution in [-0.2, 0) is 26.9 Å². The number of rotatable bonds is 3. The van der Waals surface area contributed by atoms with E-state index in [9.17, 15) is 4.79 Å². The number of fused-ring (bicyclic) bond motifs is 1. The normalized spacial score (nSPS) is 20.0. The highest BCUT2D eigenvalue weighted by molar-refractivity contribution is 6.62. The molecule has 0 aliphatic carbocycles. The predicted molar refractivity (Wildman–Crippen MR) is 108 cm³/mol. The molecule has 0 bridgehead atoms. The third kappa shape index (κ3) is 3.30. The maximum atomic E-state index is 12.8. The van der Waals surface area contributed by atoms with Crippen LogP contribution in [0.25, 0.3) is 0 Å². The molecule has 1 fully saturated rings. The molecule has 0 radical (unpaired) electrons. The largest absolute Gasteiger partial charge is 0.494 e. The van der Waals surface area contributed by atoms with Crippen molar-refractivity contribution in [1.29, 1.82) is 0 Å². The number of nitrogens with zero attached hydrogens (tertiary/aromatic N) is 1. The van der Waals surface area contributed by atoms with E-state index in [0.29, 0.717) is 6.42 Å². The van der Waals surface area contributed by atoms with E-state index in [1.54, 1.807) is 0 Å². The molecule has 1 amide bonds. The van der Waals surface area contributed by atoms with Crippen molar-refractivity contribution in [2.75, 3.05) is 11.4 Å². The molecule has 0 atom stereocenters. The van der Waals surface area contributed by atoms with Gasteiger partial charge in [-0.25, -0.2) is 0 Å². The Kier molecular flexibility index (Phi) is 4.40. The summed E-state index contributed by atoms with van der Waals surface area (Å²) in [7, 11) is -0.370. The molecule has 4 rings (SSSR count). The van der Waals surface area contributed by atoms with Crippen molar-refractivity contribution < 1.29 is 14.1 Å². The number of amides is 1. The van der Waals surface area contributed by atoms with Gasteiger partial charge in [-0.2, -0.15) is 0 Å². The number of benzene rings is 2. The molecule has 2 heterocycles. The summed E-state index contributed by atoms with van der Waals surface area (Å²) in [6, 6.07) is 16.2. The first-order valence-corrected chi connectivity index (χ1v) is 9.60. The summed E-state index contributed by atoms with van der Waals surface area (Å²) in [6.45, 7) is 8.97. The van der Waals surface area contributed by atoms with Crippen LogP contribution in [0.15, 0.2) is 48.5 Å². The lowest BCUT2D eigenvalue weighted by molar-refractivity contribution is -0.117. The number of hydrogen-bond donors (Lipinski definition) is 0. The van der Waals surface area contributed by atoms with Gasteiger partial charge >= 0.3 is 7.12 Å². The van der Waals surface area contributed by atoms with E-state index in [-0.39, 0.29) is 24.2 Å². The monoisotopic (exact) mass is 363 g/mol. The van der Waals surface area contributed by atoms with Crippen molar-refractivity contribution in [2.45, 2.75) is 51.7 Å². The maximum Gasteiger partial charge on any atom is 0.494 e. The van der Waals surface area contributed by atoms with E-state index in [1.807, 2.05) is 75.1 Å². The topological polar surface area (TPSA) is 38.8 Å². The van der Waals surface area contributed by atoms with Crippen molar-refractivity contribution in [3.63, 3.8) is 0 Å². The Balaban J connectivity index is 1.44. The van der Waals surface area contributed by atoms with E-state index < -0.39 is 0 Å². The van der Waals surface area contributed by atoms with E-state index in [4.69, 9.17) is 9.31 Å². The second kappa shape index (κ2) is 6.50. The van der Waals surface area contributed by atoms with Crippen LogP contribution in [0.5, 0.6) is 0 Å². The van der Waals surface area contributed by atoms with Gasteiger partial charge in [0.25, 0.3) is 0 Å². The Bertz CT molecular complexity index is 844. The van der Waals surface area contributed by atoms with Gasteiger partial charge in [-0.15, -0.1) is 0 Å². The molecule has 5 heteroatoms. The first-order valence-electron chi connectivity index (χ1n) is 9.60. The minimum atomic E-state index is -0.370. The summed E-state index contributed by atoms with van der Waals surface area (Å²) in [5.41, 5.74) is 3.59. The third-order valence-corrected chi connectivity index (χ3v) is 6.05. The Morgan fingerprint density at radius 3 is 2.30 bits per heavy atom. The quantitative estimate of drug-likeness (QED) is 0.787. The molecule has 0 spiro atoms. The van der Waals surface area contributed by atoms with Gasteiger partial charge in [-0.3, -0.25) is 4.79 Å². The number of carbonyl (C=O) groups excluding carboxylic acids is 1. The molecule has 4 nitrogen and oxygen atoms in total. The predicted octanol–water partition coefficient (Wildman–Crippen LogP) is 3.12. The van der Waals surface area contributed by atoms with Crippen LogP contribution < -0.4 is 10.4 Å². The van der Waals surface area contributed by atoms with Crippen molar-refractivity contribution in [1.82, 2.24) is 0 Å². The number of anilines is 1. The average Bonchev–Trinajstić information content (AvgIpc) is 3.14. The lowest BCUT2D eigenvalue weighted by Crippen LogP contribution is -2.41. The van der Waals surface area contributed by atoms with Crippen LogP contribution in [0, 0.1) is 0 Å². The summed E-state index contributed by atoms with van der Waals surface area (Å²) in [6.07, 6.45) is 1.33. The van der Waals surface area contributed by atoms with Gasteiger partial charge in [-0.05, 0) is 56.8 Å². The highest BCUT2D eigenvalue weighted by Crippen LogP contribution is 2.36. The smallest absolute Gasteiger partial charge is 0.399 e. The van der Waals surface area contributed by atoms with Gasteiger partial charge in [0, 0.05) is 12.2 Å². The fraction of sp³-hybridized carbons (Fsp3) is 0.409. The minimum Gasteiger partial charge on any atom is -0.399 e. The maximum absolute atomic E-state index is 12.8. The SMILES string of the molecule is CC1(C)OB(c2ccc(CC(=O)N3CCc4ccccc43)cc2)OC1(C)C. The Morgan fingerprint density at radius 1 is 1.00 bits per heavy atom. The van der Waals surface area contributed by atoms with Crippen LogP contribution in [0.4, 0.5) is 5.69 Å². The molecule has 2 aromatic rings. The van der Waals surface area contributed by atoms with Crippen molar-refractivity contribution in [3.8, 4) is 0 Å². The fourth-order valence-corrected chi connectivity index (χ4v) is 3.64. The molecule has 140 valence electrons. The third-order valence-electron chi connectivity index (χ3n) is 6.05. The van der Waals surface area contributed by atoms with Crippen LogP contribution in [0.2, 0.25) is 0 Å². The summed E-state index contributed by atoms with van der Waals surface area (Å²) in [5, 5.41) is 0. The zero-order valence-corrected chi connectivity index (χ0v) is 16.5. The van der Waals surface area contributed by atoms with E-state index in [0.717, 1.165) is 29.7 Å². The molecule has 0 saturated carbocycles. The Labute approximate surface area is 161 Å². The standard InChI is InChI=1S/C22H26BNO3/c1-21(2)22(3,4)27-23(26-21)18-11-9-16(10-12-18)15-20(25)24-14-13-17-7-5-6-8-19(17)24/h5-12H,13-15H2,1-4H3. The fourth-order valence-electron chi connectivity index (χ4n) is 3.64. The first kappa shape index (κ1) is 18.3. The van der Waals surface area contributed by atoms with Gasteiger partial charge < -0.3 is 14.2 Å². The van der Waals surface area contributed by atoms with Crippen molar-refractivity contribution in [2.24, 2.45) is 0 Å². The Morgan fingerprint density at radius 2 is 1.63 bits per heavy atom. The van der Waals surface area contributed by atoms with Gasteiger partial charge in [0.15, 0.2) is 0 Å². The molecule has 0 unspecified atom stereocenters. The number of para-hydroxylation sites is 1. The van der Waals surface area contributed by atoms with Gasteiger partial charge in [0.1, 0.15) is 0 Å². The highest BCUT2D eigenvalue weighted by atomic mass is 16.7. The molecule has 0 aromatic heterocycles. The average molecular weight is 363 g/mol. The zero-order valence-electron chi connectivity index (χ0n) is 16.5.